The van der Waals surface area contributed by atoms with Crippen molar-refractivity contribution in [2.45, 2.75) is 18.0 Å². The van der Waals surface area contributed by atoms with Crippen LogP contribution in [0.5, 0.6) is 0 Å². The van der Waals surface area contributed by atoms with Crippen LogP contribution >= 0.6 is 0 Å². The second-order valence-corrected chi connectivity index (χ2v) is 4.28. The van der Waals surface area contributed by atoms with E-state index in [2.05, 4.69) is 9.97 Å². The third kappa shape index (κ3) is 2.30. The molecule has 1 heterocycles. The van der Waals surface area contributed by atoms with Gasteiger partial charge in [0.25, 0.3) is 10.0 Å². The van der Waals surface area contributed by atoms with Crippen molar-refractivity contribution in [2.24, 2.45) is 0 Å². The second kappa shape index (κ2) is 3.76. The molecule has 8 heteroatoms. The van der Waals surface area contributed by atoms with Crippen molar-refractivity contribution < 1.29 is 18.3 Å². The van der Waals surface area contributed by atoms with E-state index in [1.54, 1.807) is 0 Å². The van der Waals surface area contributed by atoms with Gasteiger partial charge in [0.1, 0.15) is 6.04 Å². The lowest BCUT2D eigenvalue weighted by Gasteiger charge is -2.07. The first kappa shape index (κ1) is 10.7. The number of nitrogens with one attached hydrogen (secondary N) is 2. The largest absolute Gasteiger partial charge is 0.480 e. The summed E-state index contributed by atoms with van der Waals surface area (Å²) in [5.74, 6) is -1.24. The molecule has 7 nitrogen and oxygen atoms in total. The zero-order valence-corrected chi connectivity index (χ0v) is 8.08. The summed E-state index contributed by atoms with van der Waals surface area (Å²) in [5, 5.41) is 8.33. The van der Waals surface area contributed by atoms with Crippen LogP contribution in [0.3, 0.4) is 0 Å². The van der Waals surface area contributed by atoms with Crippen molar-refractivity contribution >= 4 is 16.0 Å². The lowest BCUT2D eigenvalue weighted by molar-refractivity contribution is -0.138. The summed E-state index contributed by atoms with van der Waals surface area (Å²) in [7, 11) is -3.81. The van der Waals surface area contributed by atoms with Gasteiger partial charge in [-0.1, -0.05) is 0 Å². The average molecular weight is 219 g/mol. The number of hydrogen-bond donors (Lipinski definition) is 3. The van der Waals surface area contributed by atoms with Crippen molar-refractivity contribution in [3.05, 3.63) is 12.5 Å². The summed E-state index contributed by atoms with van der Waals surface area (Å²) in [4.78, 5) is 16.3. The summed E-state index contributed by atoms with van der Waals surface area (Å²) in [6.45, 7) is 1.23. The summed E-state index contributed by atoms with van der Waals surface area (Å²) in [5.41, 5.74) is 0. The molecule has 0 aliphatic carbocycles. The van der Waals surface area contributed by atoms with E-state index in [0.717, 1.165) is 6.20 Å². The van der Waals surface area contributed by atoms with E-state index >= 15 is 0 Å². The van der Waals surface area contributed by atoms with E-state index in [0.29, 0.717) is 0 Å². The van der Waals surface area contributed by atoms with Crippen LogP contribution in [0, 0.1) is 0 Å². The minimum absolute atomic E-state index is 0.161. The molecule has 0 radical (unpaired) electrons. The van der Waals surface area contributed by atoms with Gasteiger partial charge < -0.3 is 10.1 Å². The van der Waals surface area contributed by atoms with Crippen molar-refractivity contribution in [3.63, 3.8) is 0 Å². The normalized spacial score (nSPS) is 13.8. The molecule has 0 bridgehead atoms. The van der Waals surface area contributed by atoms with Gasteiger partial charge in [-0.15, -0.1) is 0 Å². The Morgan fingerprint density at radius 2 is 2.36 bits per heavy atom. The van der Waals surface area contributed by atoms with Gasteiger partial charge in [0.05, 0.1) is 12.5 Å². The van der Waals surface area contributed by atoms with Gasteiger partial charge in [0.15, 0.2) is 5.03 Å². The van der Waals surface area contributed by atoms with Crippen LogP contribution in [0.2, 0.25) is 0 Å². The maximum absolute atomic E-state index is 11.4. The fourth-order valence-electron chi connectivity index (χ4n) is 0.737. The molecule has 0 fully saturated rings. The third-order valence-corrected chi connectivity index (χ3v) is 2.93. The predicted molar refractivity (Wildman–Crippen MR) is 46.0 cm³/mol. The molecule has 14 heavy (non-hydrogen) atoms. The molecule has 0 saturated heterocycles. The number of carboxylic acids is 1. The highest BCUT2D eigenvalue weighted by Crippen LogP contribution is 2.02. The average Bonchev–Trinajstić information content (AvgIpc) is 2.54. The Labute approximate surface area is 80.2 Å². The number of aliphatic carboxylic acids is 1. The van der Waals surface area contributed by atoms with Crippen LogP contribution in [-0.4, -0.2) is 35.5 Å². The molecule has 0 aliphatic heterocycles. The Morgan fingerprint density at radius 1 is 1.71 bits per heavy atom. The highest BCUT2D eigenvalue weighted by atomic mass is 32.2. The number of H-pyrrole nitrogens is 1. The zero-order valence-electron chi connectivity index (χ0n) is 7.26. The van der Waals surface area contributed by atoms with E-state index in [9.17, 15) is 13.2 Å². The number of rotatable bonds is 4. The monoisotopic (exact) mass is 219 g/mol. The van der Waals surface area contributed by atoms with Crippen molar-refractivity contribution in [1.29, 1.82) is 0 Å². The molecule has 0 spiro atoms. The van der Waals surface area contributed by atoms with Crippen LogP contribution in [0.4, 0.5) is 0 Å². The predicted octanol–water partition coefficient (Wildman–Crippen LogP) is -0.839. The quantitative estimate of drug-likeness (QED) is 0.611. The van der Waals surface area contributed by atoms with E-state index < -0.39 is 22.0 Å². The first-order valence-electron chi connectivity index (χ1n) is 3.67. The zero-order chi connectivity index (χ0) is 10.8. The Balaban J connectivity index is 2.84. The fraction of sp³-hybridized carbons (Fsp3) is 0.333. The van der Waals surface area contributed by atoms with Crippen LogP contribution in [0.15, 0.2) is 17.6 Å². The molecule has 78 valence electrons. The SMILES string of the molecule is C[C@@H](NS(=O)(=O)c1cnc[nH]1)C(=O)O. The standard InChI is InChI=1S/C6H9N3O4S/c1-4(6(10)11)9-14(12,13)5-2-7-3-8-5/h2-4,9H,1H3,(H,7,8)(H,10,11)/t4-/m1/s1. The molecule has 1 rings (SSSR count). The maximum Gasteiger partial charge on any atom is 0.321 e. The number of sulfonamides is 1. The number of aromatic nitrogens is 2. The Hall–Kier alpha value is -1.41. The lowest BCUT2D eigenvalue weighted by Crippen LogP contribution is -2.38. The Kier molecular flexibility index (Phi) is 2.87. The van der Waals surface area contributed by atoms with E-state index in [-0.39, 0.29) is 5.03 Å². The van der Waals surface area contributed by atoms with Crippen LogP contribution in [0.25, 0.3) is 0 Å². The smallest absolute Gasteiger partial charge is 0.321 e. The number of nitrogens with zero attached hydrogens (tertiary/aromatic N) is 1. The molecule has 0 aromatic carbocycles. The molecular formula is C6H9N3O4S. The molecule has 1 aromatic rings. The van der Waals surface area contributed by atoms with Gasteiger partial charge in [-0.3, -0.25) is 4.79 Å². The highest BCUT2D eigenvalue weighted by Gasteiger charge is 2.22. The minimum Gasteiger partial charge on any atom is -0.480 e. The molecular weight excluding hydrogens is 210 g/mol. The lowest BCUT2D eigenvalue weighted by atomic mass is 10.4. The molecule has 0 aliphatic rings. The maximum atomic E-state index is 11.4. The van der Waals surface area contributed by atoms with E-state index in [1.807, 2.05) is 4.72 Å². The second-order valence-electron chi connectivity index (χ2n) is 2.60. The van der Waals surface area contributed by atoms with E-state index in [1.165, 1.54) is 13.3 Å². The van der Waals surface area contributed by atoms with Crippen LogP contribution in [0.1, 0.15) is 6.92 Å². The van der Waals surface area contributed by atoms with Gasteiger partial charge in [0.2, 0.25) is 0 Å². The van der Waals surface area contributed by atoms with Crippen molar-refractivity contribution in [2.75, 3.05) is 0 Å². The summed E-state index contributed by atoms with van der Waals surface area (Å²) < 4.78 is 24.7. The molecule has 1 atom stereocenters. The first-order chi connectivity index (χ1) is 6.43. The van der Waals surface area contributed by atoms with Crippen molar-refractivity contribution in [3.8, 4) is 0 Å². The van der Waals surface area contributed by atoms with Gasteiger partial charge in [0, 0.05) is 0 Å². The third-order valence-electron chi connectivity index (χ3n) is 1.47. The summed E-state index contributed by atoms with van der Waals surface area (Å²) >= 11 is 0. The summed E-state index contributed by atoms with van der Waals surface area (Å²) in [6, 6.07) is -1.18. The number of aromatic amines is 1. The molecule has 0 amide bonds. The summed E-state index contributed by atoms with van der Waals surface area (Å²) in [6.07, 6.45) is 2.29. The minimum atomic E-state index is -3.81. The Bertz CT molecular complexity index is 410. The fourth-order valence-corrected chi connectivity index (χ4v) is 1.84. The number of carbonyl (C=O) groups is 1. The van der Waals surface area contributed by atoms with Gasteiger partial charge in [-0.05, 0) is 6.92 Å². The van der Waals surface area contributed by atoms with E-state index in [4.69, 9.17) is 5.11 Å². The number of hydrogen-bond acceptors (Lipinski definition) is 4. The molecule has 0 unspecified atom stereocenters. The van der Waals surface area contributed by atoms with Crippen LogP contribution in [-0.2, 0) is 14.8 Å². The molecule has 1 aromatic heterocycles. The van der Waals surface area contributed by atoms with Crippen molar-refractivity contribution in [1.82, 2.24) is 14.7 Å². The van der Waals surface area contributed by atoms with Gasteiger partial charge in [-0.25, -0.2) is 13.4 Å². The molecule has 3 N–H and O–H groups in total. The van der Waals surface area contributed by atoms with Crippen LogP contribution < -0.4 is 4.72 Å². The highest BCUT2D eigenvalue weighted by molar-refractivity contribution is 7.89. The van der Waals surface area contributed by atoms with Gasteiger partial charge in [-0.2, -0.15) is 4.72 Å². The number of imidazole rings is 1. The molecule has 0 saturated carbocycles. The first-order valence-corrected chi connectivity index (χ1v) is 5.15. The number of carboxylic acid groups (broad SMARTS) is 1. The van der Waals surface area contributed by atoms with Gasteiger partial charge >= 0.3 is 5.97 Å². The Morgan fingerprint density at radius 3 is 2.79 bits per heavy atom. The topological polar surface area (TPSA) is 112 Å².